The molecular formula is C19H24N2. The van der Waals surface area contributed by atoms with E-state index in [-0.39, 0.29) is 0 Å². The highest BCUT2D eigenvalue weighted by molar-refractivity contribution is 5.52. The first-order chi connectivity index (χ1) is 10.2. The van der Waals surface area contributed by atoms with Crippen LogP contribution in [0.15, 0.2) is 48.5 Å². The maximum atomic E-state index is 6.12. The molecule has 1 aliphatic heterocycles. The Bertz CT molecular complexity index is 604. The predicted molar refractivity (Wildman–Crippen MR) is 89.0 cm³/mol. The minimum absolute atomic E-state index is 0.473. The first kappa shape index (κ1) is 14.2. The van der Waals surface area contributed by atoms with Crippen LogP contribution in [0, 0.1) is 5.92 Å². The van der Waals surface area contributed by atoms with Gasteiger partial charge in [-0.15, -0.1) is 0 Å². The number of benzene rings is 2. The molecule has 0 saturated carbocycles. The van der Waals surface area contributed by atoms with Gasteiger partial charge in [0.1, 0.15) is 0 Å². The molecule has 21 heavy (non-hydrogen) atoms. The molecule has 0 amide bonds. The lowest BCUT2D eigenvalue weighted by molar-refractivity contribution is 0.140. The smallest absolute Gasteiger partial charge is 0.0374 e. The summed E-state index contributed by atoms with van der Waals surface area (Å²) in [6.45, 7) is 6.70. The van der Waals surface area contributed by atoms with Crippen molar-refractivity contribution in [2.24, 2.45) is 5.92 Å². The minimum atomic E-state index is 0.473. The molecule has 0 spiro atoms. The Kier molecular flexibility index (Phi) is 3.98. The van der Waals surface area contributed by atoms with Gasteiger partial charge in [-0.05, 0) is 35.1 Å². The molecule has 2 heteroatoms. The molecule has 0 aliphatic carbocycles. The summed E-state index contributed by atoms with van der Waals surface area (Å²) in [6.07, 6.45) is 1.05. The molecule has 2 aromatic carbocycles. The highest BCUT2D eigenvalue weighted by atomic mass is 15.2. The van der Waals surface area contributed by atoms with E-state index in [0.29, 0.717) is 12.0 Å². The lowest BCUT2D eigenvalue weighted by Gasteiger charge is -2.38. The molecule has 1 heterocycles. The summed E-state index contributed by atoms with van der Waals surface area (Å²) in [5, 5.41) is 0. The second kappa shape index (κ2) is 5.90. The number of hydrogen-bond acceptors (Lipinski definition) is 2. The number of rotatable bonds is 3. The van der Waals surface area contributed by atoms with Crippen molar-refractivity contribution in [2.45, 2.75) is 32.9 Å². The van der Waals surface area contributed by atoms with Gasteiger partial charge in [0, 0.05) is 24.8 Å². The van der Waals surface area contributed by atoms with E-state index in [1.54, 1.807) is 0 Å². The molecule has 110 valence electrons. The fraction of sp³-hybridized carbons (Fsp3) is 0.368. The number of nitrogens with zero attached hydrogens (tertiary/aromatic N) is 1. The van der Waals surface area contributed by atoms with Crippen LogP contribution < -0.4 is 5.73 Å². The Morgan fingerprint density at radius 1 is 1.00 bits per heavy atom. The summed E-state index contributed by atoms with van der Waals surface area (Å²) in [4.78, 5) is 2.60. The highest BCUT2D eigenvalue weighted by Crippen LogP contribution is 2.34. The largest absolute Gasteiger partial charge is 0.398 e. The van der Waals surface area contributed by atoms with E-state index in [9.17, 15) is 0 Å². The zero-order chi connectivity index (χ0) is 14.8. The van der Waals surface area contributed by atoms with E-state index < -0.39 is 0 Å². The zero-order valence-corrected chi connectivity index (χ0v) is 12.9. The minimum Gasteiger partial charge on any atom is -0.398 e. The molecule has 2 nitrogen and oxygen atoms in total. The SMILES string of the molecule is CC(C)C(c1ccccc1)N1CCc2c(N)cccc2C1. The lowest BCUT2D eigenvalue weighted by atomic mass is 9.90. The average Bonchev–Trinajstić information content (AvgIpc) is 2.48. The van der Waals surface area contributed by atoms with E-state index >= 15 is 0 Å². The van der Waals surface area contributed by atoms with Crippen LogP contribution in [0.4, 0.5) is 5.69 Å². The molecule has 1 atom stereocenters. The molecule has 0 bridgehead atoms. The standard InChI is InChI=1S/C19H24N2/c1-14(2)19(15-7-4-3-5-8-15)21-12-11-17-16(13-21)9-6-10-18(17)20/h3-10,14,19H,11-13,20H2,1-2H3. The summed E-state index contributed by atoms with van der Waals surface area (Å²) < 4.78 is 0. The monoisotopic (exact) mass is 280 g/mol. The highest BCUT2D eigenvalue weighted by Gasteiger charge is 2.27. The van der Waals surface area contributed by atoms with Crippen LogP contribution in [-0.4, -0.2) is 11.4 Å². The van der Waals surface area contributed by atoms with Crippen LogP contribution in [0.5, 0.6) is 0 Å². The van der Waals surface area contributed by atoms with Gasteiger partial charge in [-0.3, -0.25) is 4.90 Å². The van der Waals surface area contributed by atoms with Crippen molar-refractivity contribution in [3.63, 3.8) is 0 Å². The average molecular weight is 280 g/mol. The van der Waals surface area contributed by atoms with Gasteiger partial charge >= 0.3 is 0 Å². The van der Waals surface area contributed by atoms with Gasteiger partial charge in [0.05, 0.1) is 0 Å². The van der Waals surface area contributed by atoms with Crippen LogP contribution >= 0.6 is 0 Å². The Morgan fingerprint density at radius 2 is 1.76 bits per heavy atom. The van der Waals surface area contributed by atoms with Crippen molar-refractivity contribution < 1.29 is 0 Å². The molecule has 0 aromatic heterocycles. The Balaban J connectivity index is 1.89. The number of anilines is 1. The van der Waals surface area contributed by atoms with Gasteiger partial charge < -0.3 is 5.73 Å². The van der Waals surface area contributed by atoms with Crippen LogP contribution in [0.1, 0.15) is 36.6 Å². The van der Waals surface area contributed by atoms with Crippen molar-refractivity contribution in [3.8, 4) is 0 Å². The molecule has 2 N–H and O–H groups in total. The van der Waals surface area contributed by atoms with Crippen molar-refractivity contribution >= 4 is 5.69 Å². The summed E-state index contributed by atoms with van der Waals surface area (Å²) in [5.41, 5.74) is 11.2. The quantitative estimate of drug-likeness (QED) is 0.860. The van der Waals surface area contributed by atoms with Gasteiger partial charge in [-0.25, -0.2) is 0 Å². The Hall–Kier alpha value is -1.80. The molecule has 0 saturated heterocycles. The van der Waals surface area contributed by atoms with Gasteiger partial charge in [0.2, 0.25) is 0 Å². The van der Waals surface area contributed by atoms with E-state index in [2.05, 4.69) is 61.2 Å². The number of nitrogens with two attached hydrogens (primary N) is 1. The first-order valence-electron chi connectivity index (χ1n) is 7.82. The van der Waals surface area contributed by atoms with E-state index in [0.717, 1.165) is 25.2 Å². The summed E-state index contributed by atoms with van der Waals surface area (Å²) >= 11 is 0. The fourth-order valence-corrected chi connectivity index (χ4v) is 3.57. The third kappa shape index (κ3) is 2.81. The van der Waals surface area contributed by atoms with Crippen molar-refractivity contribution in [2.75, 3.05) is 12.3 Å². The van der Waals surface area contributed by atoms with Crippen LogP contribution in [0.25, 0.3) is 0 Å². The van der Waals surface area contributed by atoms with Gasteiger partial charge in [-0.2, -0.15) is 0 Å². The number of fused-ring (bicyclic) bond motifs is 1. The number of nitrogen functional groups attached to an aromatic ring is 1. The molecule has 0 fully saturated rings. The van der Waals surface area contributed by atoms with Gasteiger partial charge in [0.15, 0.2) is 0 Å². The predicted octanol–water partition coefficient (Wildman–Crippen LogP) is 4.02. The molecule has 1 unspecified atom stereocenters. The van der Waals surface area contributed by atoms with Crippen LogP contribution in [0.2, 0.25) is 0 Å². The van der Waals surface area contributed by atoms with E-state index in [4.69, 9.17) is 5.73 Å². The molecule has 0 radical (unpaired) electrons. The van der Waals surface area contributed by atoms with E-state index in [1.807, 2.05) is 6.07 Å². The Labute approximate surface area is 127 Å². The topological polar surface area (TPSA) is 29.3 Å². The Morgan fingerprint density at radius 3 is 2.48 bits per heavy atom. The summed E-state index contributed by atoms with van der Waals surface area (Å²) in [7, 11) is 0. The van der Waals surface area contributed by atoms with Gasteiger partial charge in [0.25, 0.3) is 0 Å². The van der Waals surface area contributed by atoms with Crippen molar-refractivity contribution in [1.29, 1.82) is 0 Å². The third-order valence-corrected chi connectivity index (χ3v) is 4.50. The third-order valence-electron chi connectivity index (χ3n) is 4.50. The molecule has 1 aliphatic rings. The molecular weight excluding hydrogens is 256 g/mol. The van der Waals surface area contributed by atoms with Crippen LogP contribution in [-0.2, 0) is 13.0 Å². The van der Waals surface area contributed by atoms with Crippen molar-refractivity contribution in [3.05, 3.63) is 65.2 Å². The maximum absolute atomic E-state index is 6.12. The molecule has 3 rings (SSSR count). The number of hydrogen-bond donors (Lipinski definition) is 1. The summed E-state index contributed by atoms with van der Waals surface area (Å²) in [5.74, 6) is 0.593. The maximum Gasteiger partial charge on any atom is 0.0374 e. The van der Waals surface area contributed by atoms with Crippen molar-refractivity contribution in [1.82, 2.24) is 4.90 Å². The lowest BCUT2D eigenvalue weighted by Crippen LogP contribution is -2.36. The van der Waals surface area contributed by atoms with Crippen LogP contribution in [0.3, 0.4) is 0 Å². The second-order valence-corrected chi connectivity index (χ2v) is 6.30. The normalized spacial score (nSPS) is 16.7. The molecule has 2 aromatic rings. The second-order valence-electron chi connectivity index (χ2n) is 6.30. The summed E-state index contributed by atoms with van der Waals surface area (Å²) in [6, 6.07) is 17.7. The first-order valence-corrected chi connectivity index (χ1v) is 7.82. The van der Waals surface area contributed by atoms with Gasteiger partial charge in [-0.1, -0.05) is 56.3 Å². The zero-order valence-electron chi connectivity index (χ0n) is 12.9. The fourth-order valence-electron chi connectivity index (χ4n) is 3.57. The van der Waals surface area contributed by atoms with E-state index in [1.165, 1.54) is 16.7 Å².